The lowest BCUT2D eigenvalue weighted by atomic mass is 10.1. The molecule has 1 fully saturated rings. The minimum Gasteiger partial charge on any atom is -0.478 e. The zero-order chi connectivity index (χ0) is 18.1. The Labute approximate surface area is 145 Å². The minimum absolute atomic E-state index is 0.0623. The molecule has 0 spiro atoms. The van der Waals surface area contributed by atoms with Crippen LogP contribution in [0.1, 0.15) is 27.9 Å². The monoisotopic (exact) mass is 338 g/mol. The lowest BCUT2D eigenvalue weighted by Gasteiger charge is -2.17. The molecule has 2 aromatic rings. The van der Waals surface area contributed by atoms with E-state index in [2.05, 4.69) is 5.32 Å². The molecule has 0 aliphatic carbocycles. The van der Waals surface area contributed by atoms with Crippen LogP contribution in [0.25, 0.3) is 0 Å². The van der Waals surface area contributed by atoms with Crippen molar-refractivity contribution in [2.75, 3.05) is 10.2 Å². The predicted octanol–water partition coefficient (Wildman–Crippen LogP) is 2.75. The van der Waals surface area contributed by atoms with E-state index in [-0.39, 0.29) is 23.8 Å². The van der Waals surface area contributed by atoms with Crippen molar-refractivity contribution in [1.82, 2.24) is 0 Å². The summed E-state index contributed by atoms with van der Waals surface area (Å²) in [4.78, 5) is 37.0. The largest absolute Gasteiger partial charge is 0.478 e. The highest BCUT2D eigenvalue weighted by molar-refractivity contribution is 6.23. The third-order valence-electron chi connectivity index (χ3n) is 4.23. The average molecular weight is 338 g/mol. The first kappa shape index (κ1) is 16.7. The van der Waals surface area contributed by atoms with Crippen LogP contribution in [-0.4, -0.2) is 28.9 Å². The maximum absolute atomic E-state index is 12.6. The molecule has 128 valence electrons. The van der Waals surface area contributed by atoms with Gasteiger partial charge in [-0.1, -0.05) is 17.7 Å². The highest BCUT2D eigenvalue weighted by Crippen LogP contribution is 2.26. The Hall–Kier alpha value is -3.15. The molecule has 25 heavy (non-hydrogen) atoms. The van der Waals surface area contributed by atoms with Crippen molar-refractivity contribution in [2.45, 2.75) is 26.3 Å². The van der Waals surface area contributed by atoms with Crippen molar-refractivity contribution in [3.05, 3.63) is 59.2 Å². The fourth-order valence-corrected chi connectivity index (χ4v) is 2.93. The quantitative estimate of drug-likeness (QED) is 0.837. The summed E-state index contributed by atoms with van der Waals surface area (Å²) >= 11 is 0. The van der Waals surface area contributed by atoms with Crippen LogP contribution in [0.15, 0.2) is 42.5 Å². The second kappa shape index (κ2) is 6.39. The predicted molar refractivity (Wildman–Crippen MR) is 93.8 cm³/mol. The molecule has 0 bridgehead atoms. The molecule has 3 rings (SSSR count). The summed E-state index contributed by atoms with van der Waals surface area (Å²) in [6.45, 7) is 3.93. The molecule has 0 unspecified atom stereocenters. The first-order valence-corrected chi connectivity index (χ1v) is 7.91. The van der Waals surface area contributed by atoms with Crippen molar-refractivity contribution in [1.29, 1.82) is 0 Å². The smallest absolute Gasteiger partial charge is 0.335 e. The second-order valence-electron chi connectivity index (χ2n) is 6.14. The van der Waals surface area contributed by atoms with Gasteiger partial charge in [-0.05, 0) is 49.7 Å². The Morgan fingerprint density at radius 3 is 2.40 bits per heavy atom. The van der Waals surface area contributed by atoms with E-state index >= 15 is 0 Å². The van der Waals surface area contributed by atoms with E-state index in [4.69, 9.17) is 5.11 Å². The van der Waals surface area contributed by atoms with Crippen LogP contribution >= 0.6 is 0 Å². The van der Waals surface area contributed by atoms with Crippen molar-refractivity contribution in [3.8, 4) is 0 Å². The van der Waals surface area contributed by atoms with Crippen molar-refractivity contribution >= 4 is 29.2 Å². The second-order valence-corrected chi connectivity index (χ2v) is 6.14. The number of carboxylic acids is 1. The molecule has 6 nitrogen and oxygen atoms in total. The van der Waals surface area contributed by atoms with Crippen LogP contribution in [0, 0.1) is 13.8 Å². The van der Waals surface area contributed by atoms with Gasteiger partial charge in [0.05, 0.1) is 17.7 Å². The number of hydrogen-bond donors (Lipinski definition) is 2. The number of rotatable bonds is 4. The third-order valence-corrected chi connectivity index (χ3v) is 4.23. The number of carbonyl (C=O) groups excluding carboxylic acids is 2. The van der Waals surface area contributed by atoms with Crippen LogP contribution in [-0.2, 0) is 9.59 Å². The van der Waals surface area contributed by atoms with Crippen molar-refractivity contribution in [3.63, 3.8) is 0 Å². The van der Waals surface area contributed by atoms with Crippen LogP contribution in [0.3, 0.4) is 0 Å². The number of hydrogen-bond acceptors (Lipinski definition) is 4. The lowest BCUT2D eigenvalue weighted by molar-refractivity contribution is -0.121. The van der Waals surface area contributed by atoms with E-state index < -0.39 is 12.0 Å². The maximum Gasteiger partial charge on any atom is 0.335 e. The molecule has 0 saturated carbocycles. The summed E-state index contributed by atoms with van der Waals surface area (Å²) in [6.07, 6.45) is 0.0623. The Morgan fingerprint density at radius 1 is 1.12 bits per heavy atom. The lowest BCUT2D eigenvalue weighted by Crippen LogP contribution is -2.34. The molecule has 2 aromatic carbocycles. The fourth-order valence-electron chi connectivity index (χ4n) is 2.93. The van der Waals surface area contributed by atoms with Gasteiger partial charge in [-0.3, -0.25) is 9.59 Å². The van der Waals surface area contributed by atoms with E-state index in [9.17, 15) is 14.4 Å². The molecular weight excluding hydrogens is 320 g/mol. The SMILES string of the molecule is Cc1ccc(N[C@@H]2CC(=O)N(c3ccc(C(=O)O)cc3)C2=O)c(C)c1. The summed E-state index contributed by atoms with van der Waals surface area (Å²) in [6, 6.07) is 10.9. The van der Waals surface area contributed by atoms with Crippen molar-refractivity contribution < 1.29 is 19.5 Å². The minimum atomic E-state index is -1.06. The summed E-state index contributed by atoms with van der Waals surface area (Å²) in [5.41, 5.74) is 3.43. The van der Waals surface area contributed by atoms with Gasteiger partial charge in [0.15, 0.2) is 0 Å². The topological polar surface area (TPSA) is 86.7 Å². The van der Waals surface area contributed by atoms with Gasteiger partial charge in [-0.25, -0.2) is 9.69 Å². The molecule has 0 aromatic heterocycles. The Kier molecular flexibility index (Phi) is 4.27. The third kappa shape index (κ3) is 3.24. The molecule has 1 aliphatic rings. The molecule has 1 heterocycles. The van der Waals surface area contributed by atoms with E-state index in [1.165, 1.54) is 24.3 Å². The van der Waals surface area contributed by atoms with Crippen LogP contribution < -0.4 is 10.2 Å². The number of carbonyl (C=O) groups is 3. The molecule has 0 radical (unpaired) electrons. The maximum atomic E-state index is 12.6. The van der Waals surface area contributed by atoms with Gasteiger partial charge in [-0.2, -0.15) is 0 Å². The number of carboxylic acid groups (broad SMARTS) is 1. The number of aromatic carboxylic acids is 1. The van der Waals surface area contributed by atoms with Gasteiger partial charge in [0.1, 0.15) is 6.04 Å². The summed E-state index contributed by atoms with van der Waals surface area (Å²) < 4.78 is 0. The van der Waals surface area contributed by atoms with Gasteiger partial charge in [0.25, 0.3) is 5.91 Å². The molecule has 2 amide bonds. The molecular formula is C19H18N2O4. The molecule has 2 N–H and O–H groups in total. The average Bonchev–Trinajstić information content (AvgIpc) is 2.84. The van der Waals surface area contributed by atoms with E-state index in [0.29, 0.717) is 5.69 Å². The number of nitrogens with one attached hydrogen (secondary N) is 1. The summed E-state index contributed by atoms with van der Waals surface area (Å²) in [5, 5.41) is 12.1. The number of amides is 2. The van der Waals surface area contributed by atoms with E-state index in [1.54, 1.807) is 0 Å². The number of aryl methyl sites for hydroxylation is 2. The van der Waals surface area contributed by atoms with Crippen LogP contribution in [0.4, 0.5) is 11.4 Å². The molecule has 1 aliphatic heterocycles. The Bertz CT molecular complexity index is 858. The van der Waals surface area contributed by atoms with E-state index in [0.717, 1.165) is 21.7 Å². The summed E-state index contributed by atoms with van der Waals surface area (Å²) in [5.74, 6) is -1.71. The zero-order valence-electron chi connectivity index (χ0n) is 13.9. The van der Waals surface area contributed by atoms with Gasteiger partial charge in [-0.15, -0.1) is 0 Å². The highest BCUT2D eigenvalue weighted by atomic mass is 16.4. The Balaban J connectivity index is 1.81. The Morgan fingerprint density at radius 2 is 1.80 bits per heavy atom. The molecule has 1 saturated heterocycles. The van der Waals surface area contributed by atoms with Crippen LogP contribution in [0.2, 0.25) is 0 Å². The van der Waals surface area contributed by atoms with Gasteiger partial charge in [0, 0.05) is 5.69 Å². The number of benzene rings is 2. The van der Waals surface area contributed by atoms with Gasteiger partial charge in [0.2, 0.25) is 5.91 Å². The van der Waals surface area contributed by atoms with Crippen LogP contribution in [0.5, 0.6) is 0 Å². The van der Waals surface area contributed by atoms with Gasteiger partial charge < -0.3 is 10.4 Å². The molecule has 6 heteroatoms. The van der Waals surface area contributed by atoms with Crippen molar-refractivity contribution in [2.24, 2.45) is 0 Å². The zero-order valence-corrected chi connectivity index (χ0v) is 13.9. The standard InChI is InChI=1S/C19H18N2O4/c1-11-3-8-15(12(2)9-11)20-16-10-17(22)21(18(16)23)14-6-4-13(5-7-14)19(24)25/h3-9,16,20H,10H2,1-2H3,(H,24,25)/t16-/m1/s1. The first-order chi connectivity index (χ1) is 11.9. The molecule has 1 atom stereocenters. The van der Waals surface area contributed by atoms with Gasteiger partial charge >= 0.3 is 5.97 Å². The van der Waals surface area contributed by atoms with E-state index in [1.807, 2.05) is 32.0 Å². The highest BCUT2D eigenvalue weighted by Gasteiger charge is 2.39. The first-order valence-electron chi connectivity index (χ1n) is 7.91. The number of imide groups is 1. The number of anilines is 2. The normalized spacial score (nSPS) is 17.0. The fraction of sp³-hybridized carbons (Fsp3) is 0.211. The summed E-state index contributed by atoms with van der Waals surface area (Å²) in [7, 11) is 0. The number of nitrogens with zero attached hydrogens (tertiary/aromatic N) is 1.